The minimum Gasteiger partial charge on any atom is -0.396 e. The highest BCUT2D eigenvalue weighted by atomic mass is 32.1. The molecule has 0 saturated carbocycles. The van der Waals surface area contributed by atoms with Crippen LogP contribution in [0.5, 0.6) is 0 Å². The van der Waals surface area contributed by atoms with Crippen molar-refractivity contribution in [3.05, 3.63) is 40.5 Å². The van der Waals surface area contributed by atoms with Gasteiger partial charge in [-0.15, -0.1) is 11.3 Å². The lowest BCUT2D eigenvalue weighted by molar-refractivity contribution is 0.299. The minimum absolute atomic E-state index is 0.165. The van der Waals surface area contributed by atoms with Gasteiger partial charge in [0.15, 0.2) is 0 Å². The maximum absolute atomic E-state index is 8.95. The summed E-state index contributed by atoms with van der Waals surface area (Å²) in [6.45, 7) is 6.60. The van der Waals surface area contributed by atoms with Crippen LogP contribution in [0.4, 0.5) is 0 Å². The van der Waals surface area contributed by atoms with Gasteiger partial charge in [-0.3, -0.25) is 0 Å². The van der Waals surface area contributed by atoms with Crippen molar-refractivity contribution in [2.75, 3.05) is 6.61 Å². The van der Waals surface area contributed by atoms with Crippen molar-refractivity contribution in [3.8, 4) is 10.4 Å². The van der Waals surface area contributed by atoms with Gasteiger partial charge in [-0.05, 0) is 24.0 Å². The molecule has 96 valence electrons. The maximum Gasteiger partial charge on any atom is 0.0957 e. The molecule has 0 saturated heterocycles. The van der Waals surface area contributed by atoms with E-state index < -0.39 is 0 Å². The smallest absolute Gasteiger partial charge is 0.0957 e. The van der Waals surface area contributed by atoms with Crippen LogP contribution in [0.3, 0.4) is 0 Å². The molecule has 0 spiro atoms. The first-order valence-corrected chi connectivity index (χ1v) is 7.11. The predicted octanol–water partition coefficient (Wildman–Crippen LogP) is 3.78. The highest BCUT2D eigenvalue weighted by Crippen LogP contribution is 2.31. The standard InChI is InChI=1S/C15H19NOS/c1-10(2)12-4-6-13(7-5-12)15-11(3)16-14(18-15)8-9-17/h4-7,10,17H,8-9H2,1-3H3. The average molecular weight is 261 g/mol. The topological polar surface area (TPSA) is 33.1 Å². The Hall–Kier alpha value is -1.19. The lowest BCUT2D eigenvalue weighted by Crippen LogP contribution is -1.88. The fraction of sp³-hybridized carbons (Fsp3) is 0.400. The third kappa shape index (κ3) is 2.79. The van der Waals surface area contributed by atoms with Crippen LogP contribution in [0, 0.1) is 6.92 Å². The van der Waals surface area contributed by atoms with Gasteiger partial charge in [-0.2, -0.15) is 0 Å². The van der Waals surface area contributed by atoms with E-state index in [2.05, 4.69) is 43.1 Å². The molecule has 2 aromatic rings. The van der Waals surface area contributed by atoms with Gasteiger partial charge in [-0.25, -0.2) is 4.98 Å². The Morgan fingerprint density at radius 3 is 2.44 bits per heavy atom. The summed E-state index contributed by atoms with van der Waals surface area (Å²) < 4.78 is 0. The average Bonchev–Trinajstić information content (AvgIpc) is 2.71. The van der Waals surface area contributed by atoms with Gasteiger partial charge in [0.2, 0.25) is 0 Å². The molecule has 1 heterocycles. The molecule has 0 aliphatic rings. The Balaban J connectivity index is 2.30. The second-order valence-electron chi connectivity index (χ2n) is 4.77. The highest BCUT2D eigenvalue weighted by molar-refractivity contribution is 7.15. The lowest BCUT2D eigenvalue weighted by atomic mass is 10.0. The zero-order valence-electron chi connectivity index (χ0n) is 11.1. The molecule has 1 aromatic heterocycles. The molecule has 2 rings (SSSR count). The van der Waals surface area contributed by atoms with E-state index in [1.165, 1.54) is 16.0 Å². The van der Waals surface area contributed by atoms with Crippen molar-refractivity contribution in [3.63, 3.8) is 0 Å². The van der Waals surface area contributed by atoms with Crippen molar-refractivity contribution >= 4 is 11.3 Å². The van der Waals surface area contributed by atoms with Gasteiger partial charge in [0.05, 0.1) is 15.6 Å². The van der Waals surface area contributed by atoms with Gasteiger partial charge >= 0.3 is 0 Å². The van der Waals surface area contributed by atoms with E-state index in [-0.39, 0.29) is 6.61 Å². The zero-order chi connectivity index (χ0) is 13.1. The van der Waals surface area contributed by atoms with Crippen molar-refractivity contribution in [1.29, 1.82) is 0 Å². The van der Waals surface area contributed by atoms with Crippen LogP contribution in [-0.4, -0.2) is 16.7 Å². The van der Waals surface area contributed by atoms with E-state index in [1.54, 1.807) is 11.3 Å². The number of nitrogens with zero attached hydrogens (tertiary/aromatic N) is 1. The summed E-state index contributed by atoms with van der Waals surface area (Å²) >= 11 is 1.68. The Morgan fingerprint density at radius 2 is 1.89 bits per heavy atom. The molecule has 0 radical (unpaired) electrons. The molecule has 0 aliphatic heterocycles. The fourth-order valence-electron chi connectivity index (χ4n) is 1.94. The van der Waals surface area contributed by atoms with Crippen LogP contribution < -0.4 is 0 Å². The van der Waals surface area contributed by atoms with E-state index in [0.717, 1.165) is 10.7 Å². The number of aliphatic hydroxyl groups excluding tert-OH is 1. The third-order valence-corrected chi connectivity index (χ3v) is 4.27. The van der Waals surface area contributed by atoms with Gasteiger partial charge in [-0.1, -0.05) is 38.1 Å². The summed E-state index contributed by atoms with van der Waals surface area (Å²) in [6, 6.07) is 8.70. The van der Waals surface area contributed by atoms with E-state index >= 15 is 0 Å². The molecule has 0 atom stereocenters. The Labute approximate surface area is 112 Å². The molecule has 0 fully saturated rings. The van der Waals surface area contributed by atoms with Crippen LogP contribution in [-0.2, 0) is 6.42 Å². The fourth-order valence-corrected chi connectivity index (χ4v) is 3.00. The molecule has 0 aliphatic carbocycles. The summed E-state index contributed by atoms with van der Waals surface area (Å²) in [4.78, 5) is 5.71. The molecule has 1 N–H and O–H groups in total. The second kappa shape index (κ2) is 5.63. The number of hydrogen-bond donors (Lipinski definition) is 1. The summed E-state index contributed by atoms with van der Waals surface area (Å²) in [5, 5.41) is 9.97. The number of aromatic nitrogens is 1. The molecule has 18 heavy (non-hydrogen) atoms. The van der Waals surface area contributed by atoms with Crippen LogP contribution >= 0.6 is 11.3 Å². The number of aliphatic hydroxyl groups is 1. The zero-order valence-corrected chi connectivity index (χ0v) is 11.9. The Kier molecular flexibility index (Phi) is 4.15. The number of benzene rings is 1. The first kappa shape index (κ1) is 13.2. The summed E-state index contributed by atoms with van der Waals surface area (Å²) in [5.41, 5.74) is 3.64. The highest BCUT2D eigenvalue weighted by Gasteiger charge is 2.09. The van der Waals surface area contributed by atoms with Crippen LogP contribution in [0.2, 0.25) is 0 Å². The van der Waals surface area contributed by atoms with E-state index in [0.29, 0.717) is 12.3 Å². The minimum atomic E-state index is 0.165. The Bertz CT molecular complexity index is 514. The number of aryl methyl sites for hydroxylation is 1. The van der Waals surface area contributed by atoms with Crippen LogP contribution in [0.25, 0.3) is 10.4 Å². The number of hydrogen-bond acceptors (Lipinski definition) is 3. The largest absolute Gasteiger partial charge is 0.396 e. The van der Waals surface area contributed by atoms with Crippen molar-refractivity contribution < 1.29 is 5.11 Å². The molecule has 1 aromatic carbocycles. The molecule has 0 unspecified atom stereocenters. The quantitative estimate of drug-likeness (QED) is 0.908. The number of thiazole rings is 1. The van der Waals surface area contributed by atoms with E-state index in [4.69, 9.17) is 5.11 Å². The van der Waals surface area contributed by atoms with Crippen molar-refractivity contribution in [2.45, 2.75) is 33.1 Å². The number of rotatable bonds is 4. The second-order valence-corrected chi connectivity index (χ2v) is 5.86. The van der Waals surface area contributed by atoms with Gasteiger partial charge < -0.3 is 5.11 Å². The molecule has 0 amide bonds. The van der Waals surface area contributed by atoms with Gasteiger partial charge in [0, 0.05) is 13.0 Å². The normalized spacial score (nSPS) is 11.2. The van der Waals surface area contributed by atoms with E-state index in [9.17, 15) is 0 Å². The first-order valence-electron chi connectivity index (χ1n) is 6.29. The Morgan fingerprint density at radius 1 is 1.22 bits per heavy atom. The van der Waals surface area contributed by atoms with Crippen molar-refractivity contribution in [1.82, 2.24) is 4.98 Å². The third-order valence-electron chi connectivity index (χ3n) is 3.01. The van der Waals surface area contributed by atoms with Crippen LogP contribution in [0.1, 0.15) is 36.0 Å². The van der Waals surface area contributed by atoms with E-state index in [1.807, 2.05) is 6.92 Å². The summed E-state index contributed by atoms with van der Waals surface area (Å²) in [5.74, 6) is 0.562. The first-order chi connectivity index (χ1) is 8.61. The van der Waals surface area contributed by atoms with Crippen molar-refractivity contribution in [2.24, 2.45) is 0 Å². The van der Waals surface area contributed by atoms with Crippen LogP contribution in [0.15, 0.2) is 24.3 Å². The predicted molar refractivity (Wildman–Crippen MR) is 77.2 cm³/mol. The summed E-state index contributed by atoms with van der Waals surface area (Å²) in [6.07, 6.45) is 0.648. The van der Waals surface area contributed by atoms with Gasteiger partial charge in [0.1, 0.15) is 0 Å². The summed E-state index contributed by atoms with van der Waals surface area (Å²) in [7, 11) is 0. The monoisotopic (exact) mass is 261 g/mol. The molecule has 2 nitrogen and oxygen atoms in total. The van der Waals surface area contributed by atoms with Gasteiger partial charge in [0.25, 0.3) is 0 Å². The lowest BCUT2D eigenvalue weighted by Gasteiger charge is -2.06. The molecular formula is C15H19NOS. The SMILES string of the molecule is Cc1nc(CCO)sc1-c1ccc(C(C)C)cc1. The molecule has 3 heteroatoms. The molecule has 0 bridgehead atoms. The maximum atomic E-state index is 8.95. The molecular weight excluding hydrogens is 242 g/mol.